The molecule has 128 valence electrons. The Morgan fingerprint density at radius 1 is 0.826 bits per heavy atom. The van der Waals surface area contributed by atoms with Gasteiger partial charge in [0, 0.05) is 9.20 Å². The summed E-state index contributed by atoms with van der Waals surface area (Å²) in [5.41, 5.74) is 1.43. The normalized spacial score (nSPS) is 14.5. The van der Waals surface area contributed by atoms with Gasteiger partial charge in [0.25, 0.3) is 8.41 Å². The quantitative estimate of drug-likeness (QED) is 0.387. The van der Waals surface area contributed by atoms with Crippen molar-refractivity contribution in [2.45, 2.75) is 77.8 Å². The molecule has 0 amide bonds. The van der Waals surface area contributed by atoms with Crippen molar-refractivity contribution in [1.29, 1.82) is 0 Å². The predicted octanol–water partition coefficient (Wildman–Crippen LogP) is 6.92. The van der Waals surface area contributed by atoms with Crippen LogP contribution in [0.1, 0.15) is 67.9 Å². The molecule has 0 unspecified atom stereocenters. The molecule has 0 saturated heterocycles. The fourth-order valence-corrected chi connectivity index (χ4v) is 11.2. The predicted molar refractivity (Wildman–Crippen MR) is 106 cm³/mol. The van der Waals surface area contributed by atoms with E-state index in [1.54, 1.807) is 11.3 Å². The SMILES string of the molecule is CC(C)(C)c1ccc2sc([Si](F)(C(C)(C)C)C(C)(C)C)cc2c1. The van der Waals surface area contributed by atoms with Gasteiger partial charge in [-0.2, -0.15) is 0 Å². The lowest BCUT2D eigenvalue weighted by Gasteiger charge is -2.43. The van der Waals surface area contributed by atoms with Gasteiger partial charge in [0.05, 0.1) is 0 Å². The smallest absolute Gasteiger partial charge is 0.297 e. The zero-order valence-corrected chi connectivity index (χ0v) is 17.9. The summed E-state index contributed by atoms with van der Waals surface area (Å²) in [6, 6.07) is 8.75. The van der Waals surface area contributed by atoms with Crippen molar-refractivity contribution in [2.75, 3.05) is 0 Å². The van der Waals surface area contributed by atoms with E-state index in [0.29, 0.717) is 0 Å². The first-order valence-corrected chi connectivity index (χ1v) is 11.1. The molecule has 0 saturated carbocycles. The van der Waals surface area contributed by atoms with Crippen LogP contribution in [0.25, 0.3) is 10.1 Å². The molecule has 0 aliphatic heterocycles. The summed E-state index contributed by atoms with van der Waals surface area (Å²) in [6.45, 7) is 19.1. The zero-order chi connectivity index (χ0) is 17.8. The first-order valence-electron chi connectivity index (χ1n) is 8.41. The van der Waals surface area contributed by atoms with Crippen LogP contribution in [0.5, 0.6) is 0 Å². The number of hydrogen-bond donors (Lipinski definition) is 0. The summed E-state index contributed by atoms with van der Waals surface area (Å²) in [7, 11) is -3.16. The van der Waals surface area contributed by atoms with Crippen molar-refractivity contribution < 1.29 is 4.11 Å². The van der Waals surface area contributed by atoms with Crippen LogP contribution in [0.3, 0.4) is 0 Å². The fourth-order valence-electron chi connectivity index (χ4n) is 3.54. The second kappa shape index (κ2) is 5.42. The fraction of sp³-hybridized carbons (Fsp3) is 0.600. The van der Waals surface area contributed by atoms with Gasteiger partial charge in [-0.05, 0) is 44.6 Å². The van der Waals surface area contributed by atoms with Crippen molar-refractivity contribution in [3.8, 4) is 0 Å². The van der Waals surface area contributed by atoms with Crippen molar-refractivity contribution in [3.05, 3.63) is 29.8 Å². The van der Waals surface area contributed by atoms with Crippen LogP contribution in [0.4, 0.5) is 4.11 Å². The number of benzene rings is 1. The van der Waals surface area contributed by atoms with E-state index in [1.165, 1.54) is 15.6 Å². The molecular weight excluding hydrogens is 319 g/mol. The van der Waals surface area contributed by atoms with Gasteiger partial charge in [-0.25, -0.2) is 0 Å². The number of rotatable bonds is 1. The maximum Gasteiger partial charge on any atom is 0.297 e. The second-order valence-electron chi connectivity index (χ2n) is 9.77. The molecule has 1 aromatic carbocycles. The number of hydrogen-bond acceptors (Lipinski definition) is 1. The molecule has 0 aliphatic carbocycles. The van der Waals surface area contributed by atoms with E-state index in [9.17, 15) is 0 Å². The van der Waals surface area contributed by atoms with E-state index >= 15 is 4.11 Å². The van der Waals surface area contributed by atoms with E-state index in [2.05, 4.69) is 86.6 Å². The van der Waals surface area contributed by atoms with Gasteiger partial charge in [0.2, 0.25) is 0 Å². The van der Waals surface area contributed by atoms with Crippen LogP contribution in [-0.4, -0.2) is 8.41 Å². The molecule has 0 aliphatic rings. The summed E-state index contributed by atoms with van der Waals surface area (Å²) in [5.74, 6) is 0. The number of thiophene rings is 1. The van der Waals surface area contributed by atoms with Gasteiger partial charge in [0.1, 0.15) is 0 Å². The Morgan fingerprint density at radius 3 is 1.78 bits per heavy atom. The third kappa shape index (κ3) is 3.15. The Hall–Kier alpha value is -0.673. The summed E-state index contributed by atoms with van der Waals surface area (Å²) in [6.07, 6.45) is 0. The molecule has 0 nitrogen and oxygen atoms in total. The Labute approximate surface area is 146 Å². The van der Waals surface area contributed by atoms with Gasteiger partial charge in [-0.15, -0.1) is 11.3 Å². The van der Waals surface area contributed by atoms with E-state index in [-0.39, 0.29) is 15.5 Å². The first kappa shape index (κ1) is 18.7. The van der Waals surface area contributed by atoms with Gasteiger partial charge < -0.3 is 4.11 Å². The van der Waals surface area contributed by atoms with E-state index < -0.39 is 8.41 Å². The van der Waals surface area contributed by atoms with Crippen LogP contribution in [-0.2, 0) is 5.41 Å². The summed E-state index contributed by atoms with van der Waals surface area (Å²) < 4.78 is 18.6. The summed E-state index contributed by atoms with van der Waals surface area (Å²) >= 11 is 1.66. The lowest BCUT2D eigenvalue weighted by molar-refractivity contribution is 0.536. The van der Waals surface area contributed by atoms with Crippen LogP contribution < -0.4 is 4.50 Å². The highest BCUT2D eigenvalue weighted by molar-refractivity contribution is 7.31. The largest absolute Gasteiger partial charge is 0.306 e. The lowest BCUT2D eigenvalue weighted by atomic mass is 9.87. The minimum Gasteiger partial charge on any atom is -0.306 e. The Kier molecular flexibility index (Phi) is 4.40. The van der Waals surface area contributed by atoms with Crippen LogP contribution in [0.2, 0.25) is 10.1 Å². The molecule has 1 heterocycles. The zero-order valence-electron chi connectivity index (χ0n) is 16.1. The van der Waals surface area contributed by atoms with Crippen LogP contribution in [0, 0.1) is 0 Å². The minimum absolute atomic E-state index is 0.120. The lowest BCUT2D eigenvalue weighted by Crippen LogP contribution is -2.56. The average Bonchev–Trinajstić information content (AvgIpc) is 2.76. The summed E-state index contributed by atoms with van der Waals surface area (Å²) in [4.78, 5) is 0. The Morgan fingerprint density at radius 2 is 1.35 bits per heavy atom. The highest BCUT2D eigenvalue weighted by atomic mass is 32.1. The van der Waals surface area contributed by atoms with Gasteiger partial charge in [-0.3, -0.25) is 0 Å². The highest BCUT2D eigenvalue weighted by Crippen LogP contribution is 2.52. The first-order chi connectivity index (χ1) is 10.2. The van der Waals surface area contributed by atoms with Crippen molar-refractivity contribution in [3.63, 3.8) is 0 Å². The van der Waals surface area contributed by atoms with Gasteiger partial charge in [-0.1, -0.05) is 68.4 Å². The maximum absolute atomic E-state index is 16.5. The molecule has 0 spiro atoms. The molecule has 0 radical (unpaired) electrons. The second-order valence-corrected chi connectivity index (χ2v) is 16.1. The molecule has 3 heteroatoms. The maximum atomic E-state index is 16.5. The molecule has 0 fully saturated rings. The van der Waals surface area contributed by atoms with Crippen molar-refractivity contribution in [1.82, 2.24) is 0 Å². The van der Waals surface area contributed by atoms with Gasteiger partial charge in [0.15, 0.2) is 0 Å². The third-order valence-electron chi connectivity index (χ3n) is 4.79. The molecule has 0 N–H and O–H groups in total. The highest BCUT2D eigenvalue weighted by Gasteiger charge is 2.57. The molecule has 1 aromatic heterocycles. The Bertz CT molecular complexity index is 694. The summed E-state index contributed by atoms with van der Waals surface area (Å²) in [5, 5.41) is 0.554. The van der Waals surface area contributed by atoms with Gasteiger partial charge >= 0.3 is 0 Å². The standard InChI is InChI=1S/C20H31FSSi/c1-18(2,3)15-10-11-16-14(12-15)13-17(22-16)23(21,19(4,5)6)20(7,8)9/h10-13H,1-9H3. The van der Waals surface area contributed by atoms with E-state index in [1.807, 2.05) is 0 Å². The number of halogens is 1. The minimum atomic E-state index is -3.16. The van der Waals surface area contributed by atoms with Crippen LogP contribution >= 0.6 is 11.3 Å². The monoisotopic (exact) mass is 350 g/mol. The molecular formula is C20H31FSSi. The van der Waals surface area contributed by atoms with E-state index in [4.69, 9.17) is 0 Å². The van der Waals surface area contributed by atoms with Crippen molar-refractivity contribution in [2.24, 2.45) is 0 Å². The molecule has 23 heavy (non-hydrogen) atoms. The van der Waals surface area contributed by atoms with Crippen LogP contribution in [0.15, 0.2) is 24.3 Å². The third-order valence-corrected chi connectivity index (χ3v) is 11.8. The Balaban J connectivity index is 2.68. The topological polar surface area (TPSA) is 0 Å². The molecule has 0 bridgehead atoms. The molecule has 2 aromatic rings. The molecule has 0 atom stereocenters. The number of fused-ring (bicyclic) bond motifs is 1. The average molecular weight is 351 g/mol. The van der Waals surface area contributed by atoms with Crippen molar-refractivity contribution >= 4 is 34.3 Å². The van der Waals surface area contributed by atoms with E-state index in [0.717, 1.165) is 4.50 Å². The molecule has 2 rings (SSSR count).